The highest BCUT2D eigenvalue weighted by Crippen LogP contribution is 2.42. The number of cyclic esters (lactones) is 2. The maximum Gasteiger partial charge on any atom is 0.317 e. The van der Waals surface area contributed by atoms with Crippen LogP contribution in [0.3, 0.4) is 0 Å². The van der Waals surface area contributed by atoms with Gasteiger partial charge in [-0.2, -0.15) is 0 Å². The lowest BCUT2D eigenvalue weighted by Crippen LogP contribution is -2.37. The van der Waals surface area contributed by atoms with Crippen molar-refractivity contribution in [1.82, 2.24) is 0 Å². The summed E-state index contributed by atoms with van der Waals surface area (Å²) in [6, 6.07) is 0. The standard InChI is InChI=1S/C16H30O5.C12H20O3.C4H10O3.CH4/c1-5-16(4,11-13(2)3)15(21-12-18)10-14(19)6-8-20-9-7-17;1-5-12(4,7-8(2)3)9-6-10(13)15-11(9)14;5-1-3-7-4-2-6;/h12-13,15,17H,5-11H2,1-4H3;8-9H,5-7H2,1-4H3;5-6H,1-4H2;1H4. The number of hydrogen-bond donors (Lipinski definition) is 3. The Morgan fingerprint density at radius 3 is 1.77 bits per heavy atom. The summed E-state index contributed by atoms with van der Waals surface area (Å²) in [7, 11) is 0. The van der Waals surface area contributed by atoms with Crippen LogP contribution in [-0.2, 0) is 38.1 Å². The van der Waals surface area contributed by atoms with Gasteiger partial charge >= 0.3 is 11.9 Å². The number of aliphatic hydroxyl groups is 3. The third-order valence-electron chi connectivity index (χ3n) is 7.72. The van der Waals surface area contributed by atoms with Crippen molar-refractivity contribution in [2.24, 2.45) is 28.6 Å². The molecule has 0 bridgehead atoms. The number of Topliss-reactive ketones (excluding diaryl/α,β-unsaturated/α-hetero) is 1. The van der Waals surface area contributed by atoms with Gasteiger partial charge in [0, 0.05) is 18.3 Å². The van der Waals surface area contributed by atoms with Crippen molar-refractivity contribution in [3.63, 3.8) is 0 Å². The molecule has 11 heteroatoms. The van der Waals surface area contributed by atoms with Gasteiger partial charge in [0.2, 0.25) is 0 Å². The molecule has 0 aromatic rings. The third-order valence-corrected chi connectivity index (χ3v) is 7.72. The number of hydrogen-bond acceptors (Lipinski definition) is 11. The molecule has 0 aromatic carbocycles. The van der Waals surface area contributed by atoms with Gasteiger partial charge in [0.25, 0.3) is 6.47 Å². The molecule has 0 saturated carbocycles. The van der Waals surface area contributed by atoms with Gasteiger partial charge in [-0.1, -0.05) is 62.8 Å². The summed E-state index contributed by atoms with van der Waals surface area (Å²) in [6.45, 7) is 18.4. The van der Waals surface area contributed by atoms with Gasteiger partial charge < -0.3 is 34.3 Å². The summed E-state index contributed by atoms with van der Waals surface area (Å²) >= 11 is 0. The molecule has 1 aliphatic rings. The van der Waals surface area contributed by atoms with Crippen LogP contribution in [0, 0.1) is 28.6 Å². The van der Waals surface area contributed by atoms with Crippen LogP contribution in [0.2, 0.25) is 0 Å². The van der Waals surface area contributed by atoms with Crippen LogP contribution in [-0.4, -0.2) is 91.9 Å². The molecule has 11 nitrogen and oxygen atoms in total. The van der Waals surface area contributed by atoms with E-state index in [0.717, 1.165) is 25.7 Å². The van der Waals surface area contributed by atoms with Crippen LogP contribution < -0.4 is 0 Å². The predicted octanol–water partition coefficient (Wildman–Crippen LogP) is 4.51. The molecule has 1 aliphatic heterocycles. The zero-order chi connectivity index (χ0) is 33.5. The summed E-state index contributed by atoms with van der Waals surface area (Å²) in [5.74, 6) is 0.0770. The van der Waals surface area contributed by atoms with E-state index in [4.69, 9.17) is 24.8 Å². The predicted molar refractivity (Wildman–Crippen MR) is 170 cm³/mol. The number of aliphatic hydroxyl groups excluding tert-OH is 3. The first-order valence-electron chi connectivity index (χ1n) is 15.5. The van der Waals surface area contributed by atoms with E-state index in [2.05, 4.69) is 64.9 Å². The normalized spacial score (nSPS) is 17.6. The van der Waals surface area contributed by atoms with Gasteiger partial charge in [0.1, 0.15) is 11.9 Å². The minimum atomic E-state index is -0.396. The first-order chi connectivity index (χ1) is 20.2. The quantitative estimate of drug-likeness (QED) is 0.0702. The third kappa shape index (κ3) is 20.2. The number of rotatable bonds is 21. The Bertz CT molecular complexity index is 767. The van der Waals surface area contributed by atoms with Gasteiger partial charge in [0.05, 0.1) is 58.6 Å². The lowest BCUT2D eigenvalue weighted by Gasteiger charge is -2.36. The fourth-order valence-corrected chi connectivity index (χ4v) is 5.33. The summed E-state index contributed by atoms with van der Waals surface area (Å²) in [5.41, 5.74) is -0.298. The van der Waals surface area contributed by atoms with Crippen molar-refractivity contribution in [3.05, 3.63) is 0 Å². The lowest BCUT2D eigenvalue weighted by atomic mass is 9.69. The molecule has 1 saturated heterocycles. The molecule has 1 fully saturated rings. The average molecular weight is 637 g/mol. The Kier molecular flexibility index (Phi) is 27.8. The molecule has 262 valence electrons. The van der Waals surface area contributed by atoms with Crippen molar-refractivity contribution < 1.29 is 53.4 Å². The molecule has 0 radical (unpaired) electrons. The van der Waals surface area contributed by atoms with E-state index in [1.165, 1.54) is 0 Å². The molecule has 0 aromatic heterocycles. The van der Waals surface area contributed by atoms with Crippen LogP contribution in [0.15, 0.2) is 0 Å². The molecule has 4 atom stereocenters. The van der Waals surface area contributed by atoms with Gasteiger partial charge in [0.15, 0.2) is 0 Å². The molecule has 3 N–H and O–H groups in total. The van der Waals surface area contributed by atoms with E-state index in [-0.39, 0.29) is 87.6 Å². The second-order valence-electron chi connectivity index (χ2n) is 12.4. The fraction of sp³-hybridized carbons (Fsp3) is 0.879. The highest BCUT2D eigenvalue weighted by molar-refractivity contribution is 5.95. The smallest absolute Gasteiger partial charge is 0.317 e. The first-order valence-corrected chi connectivity index (χ1v) is 15.5. The second-order valence-corrected chi connectivity index (χ2v) is 12.4. The van der Waals surface area contributed by atoms with Crippen LogP contribution in [0.5, 0.6) is 0 Å². The van der Waals surface area contributed by atoms with E-state index in [1.807, 2.05) is 0 Å². The fourth-order valence-electron chi connectivity index (χ4n) is 5.33. The van der Waals surface area contributed by atoms with Crippen molar-refractivity contribution >= 4 is 24.2 Å². The number of carbonyl (C=O) groups excluding carboxylic acids is 4. The molecule has 44 heavy (non-hydrogen) atoms. The Morgan fingerprint density at radius 1 is 0.909 bits per heavy atom. The minimum Gasteiger partial charge on any atom is -0.464 e. The number of carbonyl (C=O) groups is 4. The highest BCUT2D eigenvalue weighted by atomic mass is 16.6. The van der Waals surface area contributed by atoms with E-state index in [1.54, 1.807) is 0 Å². The van der Waals surface area contributed by atoms with Crippen LogP contribution in [0.4, 0.5) is 0 Å². The topological polar surface area (TPSA) is 166 Å². The summed E-state index contributed by atoms with van der Waals surface area (Å²) < 4.78 is 19.6. The van der Waals surface area contributed by atoms with Crippen molar-refractivity contribution in [3.8, 4) is 0 Å². The molecule has 0 aliphatic carbocycles. The Balaban J connectivity index is -0.000000635. The monoisotopic (exact) mass is 636 g/mol. The number of esters is 2. The summed E-state index contributed by atoms with van der Waals surface area (Å²) in [6.07, 6.45) is 3.96. The molecule has 0 spiro atoms. The van der Waals surface area contributed by atoms with Crippen molar-refractivity contribution in [2.45, 2.75) is 114 Å². The second kappa shape index (κ2) is 26.3. The Morgan fingerprint density at radius 2 is 1.41 bits per heavy atom. The van der Waals surface area contributed by atoms with Gasteiger partial charge in [-0.05, 0) is 42.9 Å². The zero-order valence-electron chi connectivity index (χ0n) is 27.9. The van der Waals surface area contributed by atoms with Gasteiger partial charge in [-0.25, -0.2) is 0 Å². The van der Waals surface area contributed by atoms with Crippen LogP contribution >= 0.6 is 0 Å². The Labute approximate surface area is 266 Å². The van der Waals surface area contributed by atoms with E-state index in [9.17, 15) is 19.2 Å². The van der Waals surface area contributed by atoms with Gasteiger partial charge in [-0.3, -0.25) is 19.2 Å². The van der Waals surface area contributed by atoms with Crippen LogP contribution in [0.25, 0.3) is 0 Å². The number of ketones is 1. The SMILES string of the molecule is C.CCC(C)(CC(C)C)C(CC(=O)CCOCCO)OC=O.CCC(C)(CC(C)C)C1CC(=O)OC1=O.OCCOCCO. The van der Waals surface area contributed by atoms with Gasteiger partial charge in [-0.15, -0.1) is 0 Å². The van der Waals surface area contributed by atoms with E-state index in [0.29, 0.717) is 38.1 Å². The summed E-state index contributed by atoms with van der Waals surface area (Å²) in [4.78, 5) is 45.4. The lowest BCUT2D eigenvalue weighted by molar-refractivity contribution is -0.154. The van der Waals surface area contributed by atoms with Crippen molar-refractivity contribution in [2.75, 3.05) is 46.2 Å². The molecular formula is C33H64O11. The maximum absolute atomic E-state index is 12.0. The average Bonchev–Trinajstić information content (AvgIpc) is 3.29. The summed E-state index contributed by atoms with van der Waals surface area (Å²) in [5, 5.41) is 24.8. The maximum atomic E-state index is 12.0. The van der Waals surface area contributed by atoms with E-state index < -0.39 is 6.10 Å². The van der Waals surface area contributed by atoms with E-state index >= 15 is 0 Å². The molecule has 4 unspecified atom stereocenters. The zero-order valence-corrected chi connectivity index (χ0v) is 27.9. The van der Waals surface area contributed by atoms with Crippen molar-refractivity contribution in [1.29, 1.82) is 0 Å². The molecular weight excluding hydrogens is 572 g/mol. The van der Waals surface area contributed by atoms with Crippen LogP contribution in [0.1, 0.15) is 108 Å². The molecule has 1 heterocycles. The Hall–Kier alpha value is -1.92. The highest BCUT2D eigenvalue weighted by Gasteiger charge is 2.45. The largest absolute Gasteiger partial charge is 0.464 e. The number of ether oxygens (including phenoxy) is 4. The molecule has 1 rings (SSSR count). The minimum absolute atomic E-state index is 0. The first kappa shape index (κ1) is 46.5. The molecule has 0 amide bonds.